The lowest BCUT2D eigenvalue weighted by Crippen LogP contribution is -2.52. The van der Waals surface area contributed by atoms with E-state index in [1.54, 1.807) is 0 Å². The molecule has 1 aliphatic heterocycles. The molecular weight excluding hydrogens is 218 g/mol. The van der Waals surface area contributed by atoms with Gasteiger partial charge >= 0.3 is 0 Å². The third-order valence-electron chi connectivity index (χ3n) is 3.99. The normalized spacial score (nSPS) is 30.8. The van der Waals surface area contributed by atoms with E-state index in [-0.39, 0.29) is 24.5 Å². The second kappa shape index (κ2) is 5.80. The lowest BCUT2D eigenvalue weighted by atomic mass is 10.0. The van der Waals surface area contributed by atoms with Crippen molar-refractivity contribution in [3.8, 4) is 0 Å². The highest BCUT2D eigenvalue weighted by Gasteiger charge is 2.34. The van der Waals surface area contributed by atoms with Crippen LogP contribution in [-0.2, 0) is 4.79 Å². The number of aliphatic hydroxyl groups excluding tert-OH is 1. The molecule has 2 rings (SSSR count). The molecule has 0 unspecified atom stereocenters. The predicted molar refractivity (Wildman–Crippen MR) is 65.4 cm³/mol. The van der Waals surface area contributed by atoms with Gasteiger partial charge in [-0.15, -0.1) is 0 Å². The molecule has 0 aromatic rings. The Morgan fingerprint density at radius 2 is 1.94 bits per heavy atom. The number of β-amino-alcohol motifs (C(OH)–C–C–N with tert-alkyl or cyclic N) is 1. The van der Waals surface area contributed by atoms with Gasteiger partial charge in [-0.05, 0) is 12.8 Å². The summed E-state index contributed by atoms with van der Waals surface area (Å²) in [5.41, 5.74) is 5.97. The van der Waals surface area contributed by atoms with Crippen LogP contribution in [0.25, 0.3) is 0 Å². The minimum atomic E-state index is 0.0550. The van der Waals surface area contributed by atoms with Crippen LogP contribution in [0.15, 0.2) is 0 Å². The first-order chi connectivity index (χ1) is 8.22. The quantitative estimate of drug-likeness (QED) is 0.682. The van der Waals surface area contributed by atoms with E-state index in [9.17, 15) is 4.79 Å². The van der Waals surface area contributed by atoms with Gasteiger partial charge in [-0.1, -0.05) is 6.42 Å². The van der Waals surface area contributed by atoms with Crippen LogP contribution in [0.2, 0.25) is 0 Å². The highest BCUT2D eigenvalue weighted by Crippen LogP contribution is 2.26. The van der Waals surface area contributed by atoms with Gasteiger partial charge in [-0.25, -0.2) is 0 Å². The molecule has 1 saturated carbocycles. The average molecular weight is 241 g/mol. The van der Waals surface area contributed by atoms with Gasteiger partial charge in [-0.3, -0.25) is 9.69 Å². The van der Waals surface area contributed by atoms with E-state index in [1.807, 2.05) is 4.90 Å². The fourth-order valence-corrected chi connectivity index (χ4v) is 2.86. The van der Waals surface area contributed by atoms with E-state index in [1.165, 1.54) is 0 Å². The molecule has 2 atom stereocenters. The van der Waals surface area contributed by atoms with Gasteiger partial charge in [0.15, 0.2) is 0 Å². The van der Waals surface area contributed by atoms with Crippen LogP contribution in [0.4, 0.5) is 0 Å². The van der Waals surface area contributed by atoms with Crippen molar-refractivity contribution in [3.05, 3.63) is 0 Å². The van der Waals surface area contributed by atoms with Crippen molar-refractivity contribution < 1.29 is 9.90 Å². The summed E-state index contributed by atoms with van der Waals surface area (Å²) in [7, 11) is 0. The van der Waals surface area contributed by atoms with Crippen LogP contribution < -0.4 is 5.73 Å². The second-order valence-electron chi connectivity index (χ2n) is 5.09. The van der Waals surface area contributed by atoms with Crippen molar-refractivity contribution in [1.29, 1.82) is 0 Å². The summed E-state index contributed by atoms with van der Waals surface area (Å²) in [6, 6.07) is 0.0676. The van der Waals surface area contributed by atoms with E-state index in [4.69, 9.17) is 10.8 Å². The summed E-state index contributed by atoms with van der Waals surface area (Å²) in [5.74, 6) is 0.304. The highest BCUT2D eigenvalue weighted by atomic mass is 16.3. The van der Waals surface area contributed by atoms with Gasteiger partial charge in [0.25, 0.3) is 0 Å². The lowest BCUT2D eigenvalue weighted by Gasteiger charge is -2.36. The molecule has 17 heavy (non-hydrogen) atoms. The first-order valence-electron chi connectivity index (χ1n) is 6.60. The highest BCUT2D eigenvalue weighted by molar-refractivity contribution is 5.80. The Bertz CT molecular complexity index is 264. The lowest BCUT2D eigenvalue weighted by molar-refractivity contribution is -0.137. The molecule has 1 saturated heterocycles. The third kappa shape index (κ3) is 2.97. The van der Waals surface area contributed by atoms with Gasteiger partial charge < -0.3 is 15.7 Å². The fraction of sp³-hybridized carbons (Fsp3) is 0.917. The standard InChI is InChI=1S/C12H23N3O2/c13-11-3-1-2-10(11)12(17)15-6-4-14(5-7-15)8-9-16/h10-11,16H,1-9,13H2/t10-,11-/m0/s1. The van der Waals surface area contributed by atoms with Crippen LogP contribution in [-0.4, -0.2) is 66.2 Å². The van der Waals surface area contributed by atoms with Crippen molar-refractivity contribution in [2.24, 2.45) is 11.7 Å². The molecule has 2 fully saturated rings. The Morgan fingerprint density at radius 1 is 1.24 bits per heavy atom. The number of carbonyl (C=O) groups excluding carboxylic acids is 1. The number of hydrogen-bond acceptors (Lipinski definition) is 4. The maximum atomic E-state index is 12.3. The van der Waals surface area contributed by atoms with Gasteiger partial charge in [0.05, 0.1) is 12.5 Å². The number of amides is 1. The van der Waals surface area contributed by atoms with Crippen LogP contribution in [0.1, 0.15) is 19.3 Å². The van der Waals surface area contributed by atoms with Crippen LogP contribution >= 0.6 is 0 Å². The van der Waals surface area contributed by atoms with Crippen molar-refractivity contribution in [3.63, 3.8) is 0 Å². The number of rotatable bonds is 3. The summed E-state index contributed by atoms with van der Waals surface area (Å²) < 4.78 is 0. The maximum Gasteiger partial charge on any atom is 0.227 e. The number of nitrogens with zero attached hydrogens (tertiary/aromatic N) is 2. The average Bonchev–Trinajstić information content (AvgIpc) is 2.76. The summed E-state index contributed by atoms with van der Waals surface area (Å²) in [4.78, 5) is 16.4. The summed E-state index contributed by atoms with van der Waals surface area (Å²) >= 11 is 0. The van der Waals surface area contributed by atoms with E-state index in [0.29, 0.717) is 6.54 Å². The van der Waals surface area contributed by atoms with E-state index in [0.717, 1.165) is 45.4 Å². The second-order valence-corrected chi connectivity index (χ2v) is 5.09. The smallest absolute Gasteiger partial charge is 0.227 e. The van der Waals surface area contributed by atoms with Crippen molar-refractivity contribution in [2.45, 2.75) is 25.3 Å². The third-order valence-corrected chi connectivity index (χ3v) is 3.99. The summed E-state index contributed by atoms with van der Waals surface area (Å²) in [6.07, 6.45) is 3.03. The van der Waals surface area contributed by atoms with Gasteiger partial charge in [-0.2, -0.15) is 0 Å². The molecule has 0 radical (unpaired) electrons. The minimum Gasteiger partial charge on any atom is -0.395 e. The Morgan fingerprint density at radius 3 is 2.47 bits per heavy atom. The van der Waals surface area contributed by atoms with Gasteiger partial charge in [0.2, 0.25) is 5.91 Å². The molecule has 2 aliphatic rings. The van der Waals surface area contributed by atoms with Crippen molar-refractivity contribution >= 4 is 5.91 Å². The van der Waals surface area contributed by atoms with E-state index < -0.39 is 0 Å². The molecular formula is C12H23N3O2. The zero-order valence-corrected chi connectivity index (χ0v) is 10.3. The Labute approximate surface area is 103 Å². The van der Waals surface area contributed by atoms with Crippen LogP contribution in [0, 0.1) is 5.92 Å². The number of hydrogen-bond donors (Lipinski definition) is 2. The predicted octanol–water partition coefficient (Wildman–Crippen LogP) is -0.750. The van der Waals surface area contributed by atoms with Gasteiger partial charge in [0, 0.05) is 38.8 Å². The molecule has 3 N–H and O–H groups in total. The molecule has 0 bridgehead atoms. The van der Waals surface area contributed by atoms with Gasteiger partial charge in [0.1, 0.15) is 0 Å². The largest absolute Gasteiger partial charge is 0.395 e. The van der Waals surface area contributed by atoms with E-state index >= 15 is 0 Å². The summed E-state index contributed by atoms with van der Waals surface area (Å²) in [5, 5.41) is 8.86. The molecule has 1 aliphatic carbocycles. The number of carbonyl (C=O) groups is 1. The summed E-state index contributed by atoms with van der Waals surface area (Å²) in [6.45, 7) is 4.21. The molecule has 98 valence electrons. The zero-order chi connectivity index (χ0) is 12.3. The van der Waals surface area contributed by atoms with Crippen LogP contribution in [0.5, 0.6) is 0 Å². The van der Waals surface area contributed by atoms with Crippen molar-refractivity contribution in [2.75, 3.05) is 39.3 Å². The maximum absolute atomic E-state index is 12.3. The molecule has 5 heteroatoms. The Kier molecular flexibility index (Phi) is 4.36. The number of nitrogens with two attached hydrogens (primary N) is 1. The van der Waals surface area contributed by atoms with E-state index in [2.05, 4.69) is 4.90 Å². The van der Waals surface area contributed by atoms with Crippen LogP contribution in [0.3, 0.4) is 0 Å². The van der Waals surface area contributed by atoms with Crippen molar-refractivity contribution in [1.82, 2.24) is 9.80 Å². The molecule has 0 spiro atoms. The topological polar surface area (TPSA) is 69.8 Å². The minimum absolute atomic E-state index is 0.0550. The zero-order valence-electron chi connectivity index (χ0n) is 10.3. The Hall–Kier alpha value is -0.650. The SMILES string of the molecule is N[C@H]1CCC[C@@H]1C(=O)N1CCN(CCO)CC1. The first-order valence-corrected chi connectivity index (χ1v) is 6.60. The Balaban J connectivity index is 1.82. The molecule has 0 aromatic heterocycles. The molecule has 1 amide bonds. The molecule has 1 heterocycles. The molecule has 5 nitrogen and oxygen atoms in total. The number of aliphatic hydroxyl groups is 1. The first kappa shape index (κ1) is 12.8. The monoisotopic (exact) mass is 241 g/mol. The fourth-order valence-electron chi connectivity index (χ4n) is 2.86. The molecule has 0 aromatic carbocycles. The number of piperazine rings is 1.